The summed E-state index contributed by atoms with van der Waals surface area (Å²) in [5.41, 5.74) is 0. The molecule has 3 nitrogen and oxygen atoms in total. The van der Waals surface area contributed by atoms with Gasteiger partial charge in [-0.1, -0.05) is 35.3 Å². The van der Waals surface area contributed by atoms with Gasteiger partial charge in [-0.05, 0) is 35.7 Å². The van der Waals surface area contributed by atoms with E-state index in [0.29, 0.717) is 0 Å². The maximum Gasteiger partial charge on any atom is 0.243 e. The van der Waals surface area contributed by atoms with Gasteiger partial charge in [0.2, 0.25) is 10.0 Å². The Morgan fingerprint density at radius 3 is 2.35 bits per heavy atom. The van der Waals surface area contributed by atoms with Gasteiger partial charge in [-0.2, -0.15) is 0 Å². The molecule has 0 fully saturated rings. The molecule has 0 amide bonds. The standard InChI is InChI=1S/C15H11Cl2NO2S3/c16-11-3-1-4-12(17)15(11)23(19,20)18-9-10-6-7-14(22-10)13-5-2-8-21-13/h1-8,18H,9H2. The smallest absolute Gasteiger partial charge is 0.207 e. The van der Waals surface area contributed by atoms with E-state index in [9.17, 15) is 8.42 Å². The summed E-state index contributed by atoms with van der Waals surface area (Å²) in [6.07, 6.45) is 0. The molecule has 0 saturated heterocycles. The number of halogens is 2. The summed E-state index contributed by atoms with van der Waals surface area (Å²) in [5.74, 6) is 0. The highest BCUT2D eigenvalue weighted by Crippen LogP contribution is 2.32. The van der Waals surface area contributed by atoms with Crippen LogP contribution in [0.4, 0.5) is 0 Å². The van der Waals surface area contributed by atoms with Crippen LogP contribution in [0.3, 0.4) is 0 Å². The molecule has 120 valence electrons. The summed E-state index contributed by atoms with van der Waals surface area (Å²) in [7, 11) is -3.77. The van der Waals surface area contributed by atoms with E-state index in [0.717, 1.165) is 9.75 Å². The van der Waals surface area contributed by atoms with Crippen molar-refractivity contribution in [3.63, 3.8) is 0 Å². The minimum absolute atomic E-state index is 0.0848. The first-order valence-electron chi connectivity index (χ1n) is 6.53. The van der Waals surface area contributed by atoms with Crippen LogP contribution in [0.2, 0.25) is 10.0 Å². The Kier molecular flexibility index (Phi) is 5.10. The average Bonchev–Trinajstić information content (AvgIpc) is 3.16. The van der Waals surface area contributed by atoms with Crippen LogP contribution in [0.1, 0.15) is 4.88 Å². The van der Waals surface area contributed by atoms with Gasteiger partial charge in [0.05, 0.1) is 10.0 Å². The van der Waals surface area contributed by atoms with E-state index in [2.05, 4.69) is 4.72 Å². The summed E-state index contributed by atoms with van der Waals surface area (Å²) in [5, 5.41) is 2.22. The fraction of sp³-hybridized carbons (Fsp3) is 0.0667. The van der Waals surface area contributed by atoms with E-state index in [1.807, 2.05) is 29.6 Å². The topological polar surface area (TPSA) is 46.2 Å². The van der Waals surface area contributed by atoms with Gasteiger partial charge in [-0.15, -0.1) is 22.7 Å². The summed E-state index contributed by atoms with van der Waals surface area (Å²) in [4.78, 5) is 3.11. The van der Waals surface area contributed by atoms with Crippen molar-refractivity contribution in [3.05, 3.63) is 62.8 Å². The number of hydrogen-bond acceptors (Lipinski definition) is 4. The molecule has 8 heteroatoms. The van der Waals surface area contributed by atoms with Crippen molar-refractivity contribution >= 4 is 55.9 Å². The summed E-state index contributed by atoms with van der Waals surface area (Å²) >= 11 is 15.1. The SMILES string of the molecule is O=S(=O)(NCc1ccc(-c2cccs2)s1)c1c(Cl)cccc1Cl. The molecule has 0 aliphatic heterocycles. The second kappa shape index (κ2) is 6.93. The number of benzene rings is 1. The zero-order chi connectivity index (χ0) is 16.4. The Hall–Kier alpha value is -0.890. The summed E-state index contributed by atoms with van der Waals surface area (Å²) in [6, 6.07) is 12.5. The third kappa shape index (κ3) is 3.79. The number of hydrogen-bond donors (Lipinski definition) is 1. The molecule has 3 aromatic rings. The third-order valence-corrected chi connectivity index (χ3v) is 7.56. The van der Waals surface area contributed by atoms with Crippen LogP contribution >= 0.6 is 45.9 Å². The van der Waals surface area contributed by atoms with Gasteiger partial charge >= 0.3 is 0 Å². The number of nitrogens with one attached hydrogen (secondary N) is 1. The molecule has 0 saturated carbocycles. The molecule has 0 atom stereocenters. The van der Waals surface area contributed by atoms with Crippen molar-refractivity contribution in [2.45, 2.75) is 11.4 Å². The predicted molar refractivity (Wildman–Crippen MR) is 98.1 cm³/mol. The first-order valence-corrected chi connectivity index (χ1v) is 10.5. The quantitative estimate of drug-likeness (QED) is 0.630. The van der Waals surface area contributed by atoms with Crippen LogP contribution in [0.25, 0.3) is 9.75 Å². The predicted octanol–water partition coefficient (Wildman–Crippen LogP) is 5.26. The van der Waals surface area contributed by atoms with Crippen molar-refractivity contribution in [3.8, 4) is 9.75 Å². The monoisotopic (exact) mass is 403 g/mol. The molecule has 0 radical (unpaired) electrons. The van der Waals surface area contributed by atoms with Gasteiger partial charge in [0.25, 0.3) is 0 Å². The number of thiophene rings is 2. The lowest BCUT2D eigenvalue weighted by Crippen LogP contribution is -2.23. The van der Waals surface area contributed by atoms with Crippen molar-refractivity contribution in [2.75, 3.05) is 0 Å². The molecule has 0 aliphatic carbocycles. The Bertz CT molecular complexity index is 898. The van der Waals surface area contributed by atoms with Crippen molar-refractivity contribution in [1.29, 1.82) is 0 Å². The van der Waals surface area contributed by atoms with Crippen molar-refractivity contribution < 1.29 is 8.42 Å². The van der Waals surface area contributed by atoms with E-state index in [4.69, 9.17) is 23.2 Å². The first-order chi connectivity index (χ1) is 11.0. The molecule has 0 bridgehead atoms. The van der Waals surface area contributed by atoms with E-state index in [1.165, 1.54) is 17.0 Å². The van der Waals surface area contributed by atoms with Gasteiger partial charge in [0, 0.05) is 21.2 Å². The Morgan fingerprint density at radius 2 is 1.70 bits per heavy atom. The zero-order valence-corrected chi connectivity index (χ0v) is 15.6. The van der Waals surface area contributed by atoms with Crippen LogP contribution in [-0.4, -0.2) is 8.42 Å². The van der Waals surface area contributed by atoms with Gasteiger partial charge in [0.1, 0.15) is 4.90 Å². The lowest BCUT2D eigenvalue weighted by molar-refractivity contribution is 0.582. The van der Waals surface area contributed by atoms with Crippen LogP contribution in [0, 0.1) is 0 Å². The minimum Gasteiger partial charge on any atom is -0.207 e. The summed E-state index contributed by atoms with van der Waals surface area (Å²) < 4.78 is 27.4. The van der Waals surface area contributed by atoms with Gasteiger partial charge in [-0.25, -0.2) is 13.1 Å². The molecule has 0 spiro atoms. The lowest BCUT2D eigenvalue weighted by Gasteiger charge is -2.09. The van der Waals surface area contributed by atoms with Crippen molar-refractivity contribution in [1.82, 2.24) is 4.72 Å². The Balaban J connectivity index is 1.78. The zero-order valence-electron chi connectivity index (χ0n) is 11.6. The van der Waals surface area contributed by atoms with Crippen LogP contribution in [-0.2, 0) is 16.6 Å². The van der Waals surface area contributed by atoms with Gasteiger partial charge in [-0.3, -0.25) is 0 Å². The molecular weight excluding hydrogens is 393 g/mol. The molecule has 23 heavy (non-hydrogen) atoms. The highest BCUT2D eigenvalue weighted by atomic mass is 35.5. The molecular formula is C15H11Cl2NO2S3. The molecule has 3 rings (SSSR count). The first kappa shape index (κ1) is 17.0. The van der Waals surface area contributed by atoms with Gasteiger partial charge < -0.3 is 0 Å². The fourth-order valence-corrected chi connectivity index (χ4v) is 6.02. The Morgan fingerprint density at radius 1 is 0.957 bits per heavy atom. The fourth-order valence-electron chi connectivity index (χ4n) is 2.00. The largest absolute Gasteiger partial charge is 0.243 e. The molecule has 2 aromatic heterocycles. The molecule has 2 heterocycles. The number of rotatable bonds is 5. The molecule has 0 aliphatic rings. The molecule has 0 unspecified atom stereocenters. The van der Waals surface area contributed by atoms with Crippen LogP contribution in [0.5, 0.6) is 0 Å². The normalized spacial score (nSPS) is 11.7. The van der Waals surface area contributed by atoms with E-state index in [-0.39, 0.29) is 21.5 Å². The third-order valence-electron chi connectivity index (χ3n) is 3.05. The van der Waals surface area contributed by atoms with E-state index < -0.39 is 10.0 Å². The second-order valence-electron chi connectivity index (χ2n) is 4.62. The average molecular weight is 404 g/mol. The van der Waals surface area contributed by atoms with Gasteiger partial charge in [0.15, 0.2) is 0 Å². The Labute approximate surface area is 152 Å². The maximum atomic E-state index is 12.4. The highest BCUT2D eigenvalue weighted by Gasteiger charge is 2.21. The van der Waals surface area contributed by atoms with E-state index in [1.54, 1.807) is 28.7 Å². The molecule has 1 N–H and O–H groups in total. The highest BCUT2D eigenvalue weighted by molar-refractivity contribution is 7.89. The summed E-state index contributed by atoms with van der Waals surface area (Å²) in [6.45, 7) is 0.194. The lowest BCUT2D eigenvalue weighted by atomic mass is 10.4. The maximum absolute atomic E-state index is 12.4. The second-order valence-corrected chi connectivity index (χ2v) is 9.25. The minimum atomic E-state index is -3.77. The van der Waals surface area contributed by atoms with Crippen molar-refractivity contribution in [2.24, 2.45) is 0 Å². The number of sulfonamides is 1. The van der Waals surface area contributed by atoms with E-state index >= 15 is 0 Å². The van der Waals surface area contributed by atoms with Crippen LogP contribution < -0.4 is 4.72 Å². The molecule has 1 aromatic carbocycles. The van der Waals surface area contributed by atoms with Crippen LogP contribution in [0.15, 0.2) is 52.7 Å².